The molecule has 0 amide bonds. The van der Waals surface area contributed by atoms with E-state index in [1.807, 2.05) is 0 Å². The molecule has 0 bridgehead atoms. The van der Waals surface area contributed by atoms with Gasteiger partial charge in [0.2, 0.25) is 0 Å². The molecule has 0 saturated heterocycles. The Morgan fingerprint density at radius 2 is 2.05 bits per heavy atom. The maximum absolute atomic E-state index is 6.13. The smallest absolute Gasteiger partial charge is 0.0842 e. The van der Waals surface area contributed by atoms with Crippen LogP contribution in [-0.4, -0.2) is 19.2 Å². The number of hydrogen-bond donors (Lipinski definition) is 1. The van der Waals surface area contributed by atoms with E-state index in [0.717, 1.165) is 31.9 Å². The molecule has 1 fully saturated rings. The van der Waals surface area contributed by atoms with E-state index in [1.165, 1.54) is 43.2 Å². The second-order valence-electron chi connectivity index (χ2n) is 6.65. The summed E-state index contributed by atoms with van der Waals surface area (Å²) < 4.78 is 6.13. The van der Waals surface area contributed by atoms with Crippen LogP contribution in [0.4, 0.5) is 0 Å². The van der Waals surface area contributed by atoms with Gasteiger partial charge in [-0.2, -0.15) is 0 Å². The zero-order chi connectivity index (χ0) is 14.5. The van der Waals surface area contributed by atoms with Crippen LogP contribution in [-0.2, 0) is 11.2 Å². The summed E-state index contributed by atoms with van der Waals surface area (Å²) in [4.78, 5) is 0. The molecule has 0 spiro atoms. The Morgan fingerprint density at radius 3 is 2.86 bits per heavy atom. The topological polar surface area (TPSA) is 21.3 Å². The van der Waals surface area contributed by atoms with Crippen LogP contribution in [0.5, 0.6) is 0 Å². The summed E-state index contributed by atoms with van der Waals surface area (Å²) in [6, 6.07) is 9.48. The number of hydrogen-bond acceptors (Lipinski definition) is 2. The lowest BCUT2D eigenvalue weighted by Crippen LogP contribution is -2.38. The van der Waals surface area contributed by atoms with Crippen LogP contribution in [0.15, 0.2) is 24.3 Å². The molecular formula is C19H29NO. The fourth-order valence-electron chi connectivity index (χ4n) is 4.03. The first-order valence-electron chi connectivity index (χ1n) is 8.81. The Kier molecular flexibility index (Phi) is 5.32. The zero-order valence-corrected chi connectivity index (χ0v) is 13.3. The van der Waals surface area contributed by atoms with Gasteiger partial charge in [0.15, 0.2) is 0 Å². The van der Waals surface area contributed by atoms with Crippen molar-refractivity contribution in [2.75, 3.05) is 13.2 Å². The van der Waals surface area contributed by atoms with Crippen molar-refractivity contribution in [1.29, 1.82) is 0 Å². The van der Waals surface area contributed by atoms with E-state index in [4.69, 9.17) is 4.74 Å². The van der Waals surface area contributed by atoms with Crippen LogP contribution in [0.1, 0.15) is 62.7 Å². The molecule has 2 aliphatic rings. The lowest BCUT2D eigenvalue weighted by Gasteiger charge is -2.32. The molecule has 1 aliphatic heterocycles. The van der Waals surface area contributed by atoms with Crippen molar-refractivity contribution >= 4 is 0 Å². The lowest BCUT2D eigenvalue weighted by molar-refractivity contribution is 0.0246. The Labute approximate surface area is 129 Å². The Balaban J connectivity index is 1.70. The summed E-state index contributed by atoms with van der Waals surface area (Å²) in [5.74, 6) is 0.856. The lowest BCUT2D eigenvalue weighted by atomic mass is 9.88. The average Bonchev–Trinajstić information content (AvgIpc) is 3.06. The molecule has 0 aromatic heterocycles. The molecule has 1 aromatic carbocycles. The van der Waals surface area contributed by atoms with E-state index in [0.29, 0.717) is 12.1 Å². The molecule has 2 heteroatoms. The summed E-state index contributed by atoms with van der Waals surface area (Å²) in [6.07, 6.45) is 9.35. The van der Waals surface area contributed by atoms with Crippen LogP contribution < -0.4 is 5.32 Å². The normalized spacial score (nSPS) is 24.0. The van der Waals surface area contributed by atoms with Crippen LogP contribution in [0.2, 0.25) is 0 Å². The third kappa shape index (κ3) is 3.67. The number of rotatable bonds is 6. The van der Waals surface area contributed by atoms with Crippen molar-refractivity contribution in [2.24, 2.45) is 5.92 Å². The minimum absolute atomic E-state index is 0.296. The van der Waals surface area contributed by atoms with Gasteiger partial charge in [-0.1, -0.05) is 44.0 Å². The fraction of sp³-hybridized carbons (Fsp3) is 0.684. The summed E-state index contributed by atoms with van der Waals surface area (Å²) in [7, 11) is 0. The van der Waals surface area contributed by atoms with Crippen molar-refractivity contribution in [1.82, 2.24) is 5.32 Å². The van der Waals surface area contributed by atoms with Gasteiger partial charge >= 0.3 is 0 Å². The van der Waals surface area contributed by atoms with E-state index in [9.17, 15) is 0 Å². The van der Waals surface area contributed by atoms with E-state index in [-0.39, 0.29) is 0 Å². The number of nitrogens with one attached hydrogen (secondary N) is 1. The molecular weight excluding hydrogens is 258 g/mol. The SMILES string of the molecule is CCCNC(CC1OCCc2ccccc21)C1CCCC1. The average molecular weight is 287 g/mol. The minimum Gasteiger partial charge on any atom is -0.373 e. The van der Waals surface area contributed by atoms with Crippen molar-refractivity contribution in [3.05, 3.63) is 35.4 Å². The summed E-state index contributed by atoms with van der Waals surface area (Å²) in [6.45, 7) is 4.27. The van der Waals surface area contributed by atoms with Crippen LogP contribution in [0, 0.1) is 5.92 Å². The molecule has 21 heavy (non-hydrogen) atoms. The Morgan fingerprint density at radius 1 is 1.24 bits per heavy atom. The number of ether oxygens (including phenoxy) is 1. The van der Waals surface area contributed by atoms with Gasteiger partial charge in [-0.3, -0.25) is 0 Å². The molecule has 0 radical (unpaired) electrons. The number of benzene rings is 1. The summed E-state index contributed by atoms with van der Waals surface area (Å²) in [5.41, 5.74) is 2.93. The third-order valence-electron chi connectivity index (χ3n) is 5.19. The fourth-order valence-corrected chi connectivity index (χ4v) is 4.03. The van der Waals surface area contributed by atoms with E-state index in [2.05, 4.69) is 36.5 Å². The first-order valence-corrected chi connectivity index (χ1v) is 8.81. The molecule has 1 aromatic rings. The monoisotopic (exact) mass is 287 g/mol. The van der Waals surface area contributed by atoms with Gasteiger partial charge in [-0.25, -0.2) is 0 Å². The predicted molar refractivity (Wildman–Crippen MR) is 87.5 cm³/mol. The first kappa shape index (κ1) is 15.1. The van der Waals surface area contributed by atoms with Gasteiger partial charge in [0.05, 0.1) is 12.7 Å². The summed E-state index contributed by atoms with van der Waals surface area (Å²) >= 11 is 0. The van der Waals surface area contributed by atoms with Crippen LogP contribution in [0.3, 0.4) is 0 Å². The highest BCUT2D eigenvalue weighted by Gasteiger charge is 2.29. The van der Waals surface area contributed by atoms with Crippen molar-refractivity contribution in [2.45, 2.75) is 64.0 Å². The largest absolute Gasteiger partial charge is 0.373 e. The molecule has 2 atom stereocenters. The van der Waals surface area contributed by atoms with E-state index >= 15 is 0 Å². The van der Waals surface area contributed by atoms with Crippen molar-refractivity contribution in [3.8, 4) is 0 Å². The van der Waals surface area contributed by atoms with Gasteiger partial charge in [0, 0.05) is 6.04 Å². The second kappa shape index (κ2) is 7.42. The Bertz CT molecular complexity index is 439. The molecule has 1 N–H and O–H groups in total. The Hall–Kier alpha value is -0.860. The third-order valence-corrected chi connectivity index (χ3v) is 5.19. The molecule has 2 unspecified atom stereocenters. The maximum Gasteiger partial charge on any atom is 0.0842 e. The standard InChI is InChI=1S/C19H29NO/c1-2-12-20-18(16-8-3-4-9-16)14-19-17-10-6-5-7-15(17)11-13-21-19/h5-7,10,16,18-20H,2-4,8-9,11-14H2,1H3. The molecule has 116 valence electrons. The van der Waals surface area contributed by atoms with Gasteiger partial charge < -0.3 is 10.1 Å². The molecule has 2 nitrogen and oxygen atoms in total. The van der Waals surface area contributed by atoms with E-state index in [1.54, 1.807) is 0 Å². The predicted octanol–water partition coefficient (Wildman–Crippen LogP) is 4.25. The highest BCUT2D eigenvalue weighted by molar-refractivity contribution is 5.31. The first-order chi connectivity index (χ1) is 10.4. The molecule has 1 aliphatic carbocycles. The molecule has 3 rings (SSSR count). The van der Waals surface area contributed by atoms with Crippen molar-refractivity contribution < 1.29 is 4.74 Å². The van der Waals surface area contributed by atoms with Gasteiger partial charge in [-0.05, 0) is 55.7 Å². The van der Waals surface area contributed by atoms with Gasteiger partial charge in [-0.15, -0.1) is 0 Å². The highest BCUT2D eigenvalue weighted by atomic mass is 16.5. The maximum atomic E-state index is 6.13. The molecule has 1 saturated carbocycles. The summed E-state index contributed by atoms with van der Waals surface area (Å²) in [5, 5.41) is 3.81. The van der Waals surface area contributed by atoms with Crippen LogP contribution in [0.25, 0.3) is 0 Å². The quantitative estimate of drug-likeness (QED) is 0.844. The van der Waals surface area contributed by atoms with E-state index < -0.39 is 0 Å². The minimum atomic E-state index is 0.296. The highest BCUT2D eigenvalue weighted by Crippen LogP contribution is 2.35. The number of fused-ring (bicyclic) bond motifs is 1. The van der Waals surface area contributed by atoms with Crippen LogP contribution >= 0.6 is 0 Å². The second-order valence-corrected chi connectivity index (χ2v) is 6.65. The van der Waals surface area contributed by atoms with Crippen molar-refractivity contribution in [3.63, 3.8) is 0 Å². The van der Waals surface area contributed by atoms with Gasteiger partial charge in [0.25, 0.3) is 0 Å². The zero-order valence-electron chi connectivity index (χ0n) is 13.3. The molecule has 1 heterocycles. The van der Waals surface area contributed by atoms with Gasteiger partial charge in [0.1, 0.15) is 0 Å².